The minimum Gasteiger partial charge on any atom is -0.299 e. The molecule has 1 fully saturated rings. The van der Waals surface area contributed by atoms with Gasteiger partial charge in [-0.3, -0.25) is 4.79 Å². The molecule has 0 amide bonds. The second kappa shape index (κ2) is 3.87. The van der Waals surface area contributed by atoms with Gasteiger partial charge in [0.1, 0.15) is 5.78 Å². The average molecular weight is 255 g/mol. The van der Waals surface area contributed by atoms with Crippen LogP contribution in [0.15, 0.2) is 0 Å². The van der Waals surface area contributed by atoms with Crippen molar-refractivity contribution in [1.29, 1.82) is 0 Å². The standard InChI is InChI=1S/C7H11BrO3S/c8-4-7(9)3-6-1-2-12(10,11)5-6/h6H,1-5H2. The van der Waals surface area contributed by atoms with Gasteiger partial charge in [-0.1, -0.05) is 15.9 Å². The molecule has 1 aliphatic rings. The topological polar surface area (TPSA) is 51.2 Å². The number of hydrogen-bond acceptors (Lipinski definition) is 3. The van der Waals surface area contributed by atoms with Crippen LogP contribution in [0.25, 0.3) is 0 Å². The molecule has 1 unspecified atom stereocenters. The highest BCUT2D eigenvalue weighted by atomic mass is 79.9. The quantitative estimate of drug-likeness (QED) is 0.700. The van der Waals surface area contributed by atoms with Gasteiger partial charge in [0.15, 0.2) is 9.84 Å². The molecule has 1 saturated heterocycles. The second-order valence-corrected chi connectivity index (χ2v) is 5.93. The molecule has 0 N–H and O–H groups in total. The van der Waals surface area contributed by atoms with Gasteiger partial charge in [-0.25, -0.2) is 8.42 Å². The Balaban J connectivity index is 2.43. The summed E-state index contributed by atoms with van der Waals surface area (Å²) in [5.74, 6) is 0.621. The number of rotatable bonds is 3. The SMILES string of the molecule is O=C(CBr)CC1CCS(=O)(=O)C1. The van der Waals surface area contributed by atoms with Crippen molar-refractivity contribution in [3.05, 3.63) is 0 Å². The monoisotopic (exact) mass is 254 g/mol. The zero-order valence-corrected chi connectivity index (χ0v) is 9.03. The Bertz CT molecular complexity index is 270. The number of carbonyl (C=O) groups is 1. The van der Waals surface area contributed by atoms with Crippen molar-refractivity contribution < 1.29 is 13.2 Å². The first-order valence-electron chi connectivity index (χ1n) is 3.81. The van der Waals surface area contributed by atoms with Gasteiger partial charge in [-0.2, -0.15) is 0 Å². The summed E-state index contributed by atoms with van der Waals surface area (Å²) in [6.45, 7) is 0. The van der Waals surface area contributed by atoms with E-state index in [-0.39, 0.29) is 23.2 Å². The summed E-state index contributed by atoms with van der Waals surface area (Å²) in [5.41, 5.74) is 0. The first-order valence-corrected chi connectivity index (χ1v) is 6.76. The predicted octanol–water partition coefficient (Wildman–Crippen LogP) is 0.775. The fourth-order valence-electron chi connectivity index (χ4n) is 1.41. The van der Waals surface area contributed by atoms with E-state index in [1.54, 1.807) is 0 Å². The number of alkyl halides is 1. The van der Waals surface area contributed by atoms with E-state index in [4.69, 9.17) is 0 Å². The molecule has 0 aromatic heterocycles. The lowest BCUT2D eigenvalue weighted by molar-refractivity contribution is -0.117. The summed E-state index contributed by atoms with van der Waals surface area (Å²) < 4.78 is 22.0. The van der Waals surface area contributed by atoms with E-state index in [9.17, 15) is 13.2 Å². The summed E-state index contributed by atoms with van der Waals surface area (Å²) in [4.78, 5) is 10.9. The molecule has 0 bridgehead atoms. The summed E-state index contributed by atoms with van der Waals surface area (Å²) in [7, 11) is -2.82. The Kier molecular flexibility index (Phi) is 3.29. The van der Waals surface area contributed by atoms with Gasteiger partial charge in [0.2, 0.25) is 0 Å². The summed E-state index contributed by atoms with van der Waals surface area (Å²) in [6, 6.07) is 0. The Labute approximate surface area is 80.6 Å². The highest BCUT2D eigenvalue weighted by molar-refractivity contribution is 9.09. The number of halogens is 1. The van der Waals surface area contributed by atoms with Crippen molar-refractivity contribution in [1.82, 2.24) is 0 Å². The van der Waals surface area contributed by atoms with Crippen LogP contribution in [0.2, 0.25) is 0 Å². The lowest BCUT2D eigenvalue weighted by Crippen LogP contribution is -2.10. The number of Topliss-reactive ketones (excluding diaryl/α,β-unsaturated/α-hetero) is 1. The molecular formula is C7H11BrO3S. The third-order valence-corrected chi connectivity index (χ3v) is 4.45. The Hall–Kier alpha value is 0.1000. The van der Waals surface area contributed by atoms with Gasteiger partial charge in [-0.15, -0.1) is 0 Å². The Morgan fingerprint density at radius 3 is 2.58 bits per heavy atom. The van der Waals surface area contributed by atoms with Crippen LogP contribution < -0.4 is 0 Å². The van der Waals surface area contributed by atoms with Crippen LogP contribution in [-0.2, 0) is 14.6 Å². The molecule has 0 aromatic rings. The molecule has 1 rings (SSSR count). The maximum atomic E-state index is 11.0. The van der Waals surface area contributed by atoms with Crippen molar-refractivity contribution in [3.8, 4) is 0 Å². The van der Waals surface area contributed by atoms with E-state index >= 15 is 0 Å². The van der Waals surface area contributed by atoms with E-state index < -0.39 is 9.84 Å². The summed E-state index contributed by atoms with van der Waals surface area (Å²) in [5, 5.41) is 0.337. The molecule has 70 valence electrons. The van der Waals surface area contributed by atoms with Crippen molar-refractivity contribution in [2.24, 2.45) is 5.92 Å². The van der Waals surface area contributed by atoms with E-state index in [1.807, 2.05) is 0 Å². The second-order valence-electron chi connectivity index (χ2n) is 3.15. The molecule has 0 radical (unpaired) electrons. The first kappa shape index (κ1) is 10.2. The highest BCUT2D eigenvalue weighted by Gasteiger charge is 2.28. The van der Waals surface area contributed by atoms with E-state index in [1.165, 1.54) is 0 Å². The molecule has 3 nitrogen and oxygen atoms in total. The van der Waals surface area contributed by atoms with Gasteiger partial charge in [0.05, 0.1) is 16.8 Å². The van der Waals surface area contributed by atoms with Crippen molar-refractivity contribution in [2.75, 3.05) is 16.8 Å². The fourth-order valence-corrected chi connectivity index (χ4v) is 3.50. The molecule has 0 saturated carbocycles. The maximum absolute atomic E-state index is 11.0. The normalized spacial score (nSPS) is 27.2. The minimum atomic E-state index is -2.82. The van der Waals surface area contributed by atoms with Gasteiger partial charge >= 0.3 is 0 Å². The molecule has 5 heteroatoms. The predicted molar refractivity (Wildman–Crippen MR) is 50.2 cm³/mol. The van der Waals surface area contributed by atoms with Crippen LogP contribution >= 0.6 is 15.9 Å². The van der Waals surface area contributed by atoms with Crippen molar-refractivity contribution >= 4 is 31.6 Å². The highest BCUT2D eigenvalue weighted by Crippen LogP contribution is 2.21. The molecule has 1 atom stereocenters. The molecular weight excluding hydrogens is 244 g/mol. The number of sulfone groups is 1. The first-order chi connectivity index (χ1) is 5.53. The van der Waals surface area contributed by atoms with E-state index in [0.29, 0.717) is 18.2 Å². The Morgan fingerprint density at radius 2 is 2.17 bits per heavy atom. The zero-order chi connectivity index (χ0) is 9.19. The molecule has 1 aliphatic heterocycles. The van der Waals surface area contributed by atoms with E-state index in [0.717, 1.165) is 0 Å². The smallest absolute Gasteiger partial charge is 0.150 e. The summed E-state index contributed by atoms with van der Waals surface area (Å²) in [6.07, 6.45) is 1.06. The van der Waals surface area contributed by atoms with Crippen LogP contribution in [0.3, 0.4) is 0 Å². The number of ketones is 1. The molecule has 0 spiro atoms. The van der Waals surface area contributed by atoms with Crippen LogP contribution in [-0.4, -0.2) is 31.0 Å². The van der Waals surface area contributed by atoms with Gasteiger partial charge in [-0.05, 0) is 12.3 Å². The molecule has 0 aromatic carbocycles. The molecule has 1 heterocycles. The van der Waals surface area contributed by atoms with Gasteiger partial charge in [0.25, 0.3) is 0 Å². The van der Waals surface area contributed by atoms with Crippen molar-refractivity contribution in [3.63, 3.8) is 0 Å². The fraction of sp³-hybridized carbons (Fsp3) is 0.857. The van der Waals surface area contributed by atoms with E-state index in [2.05, 4.69) is 15.9 Å². The van der Waals surface area contributed by atoms with Gasteiger partial charge in [0, 0.05) is 6.42 Å². The average Bonchev–Trinajstić information content (AvgIpc) is 2.30. The Morgan fingerprint density at radius 1 is 1.50 bits per heavy atom. The third-order valence-electron chi connectivity index (χ3n) is 1.99. The number of carbonyl (C=O) groups excluding carboxylic acids is 1. The lowest BCUT2D eigenvalue weighted by atomic mass is 10.0. The molecule has 12 heavy (non-hydrogen) atoms. The number of hydrogen-bond donors (Lipinski definition) is 0. The summed E-state index contributed by atoms with van der Waals surface area (Å²) >= 11 is 3.05. The van der Waals surface area contributed by atoms with Crippen LogP contribution in [0.4, 0.5) is 0 Å². The minimum absolute atomic E-state index is 0.0695. The van der Waals surface area contributed by atoms with Crippen LogP contribution in [0.1, 0.15) is 12.8 Å². The lowest BCUT2D eigenvalue weighted by Gasteiger charge is -2.02. The van der Waals surface area contributed by atoms with Crippen LogP contribution in [0, 0.1) is 5.92 Å². The zero-order valence-electron chi connectivity index (χ0n) is 6.62. The third kappa shape index (κ3) is 2.86. The van der Waals surface area contributed by atoms with Gasteiger partial charge < -0.3 is 0 Å². The largest absolute Gasteiger partial charge is 0.299 e. The molecule has 0 aliphatic carbocycles. The van der Waals surface area contributed by atoms with Crippen molar-refractivity contribution in [2.45, 2.75) is 12.8 Å². The maximum Gasteiger partial charge on any atom is 0.150 e. The van der Waals surface area contributed by atoms with Crippen LogP contribution in [0.5, 0.6) is 0 Å².